The van der Waals surface area contributed by atoms with Crippen LogP contribution >= 0.6 is 22.6 Å². The van der Waals surface area contributed by atoms with Crippen LogP contribution in [-0.4, -0.2) is 6.54 Å². The maximum Gasteiger partial charge on any atom is 0.0799 e. The van der Waals surface area contributed by atoms with Crippen LogP contribution in [0.5, 0.6) is 0 Å². The molecule has 0 bridgehead atoms. The Labute approximate surface area is 151 Å². The number of hydrogen-bond donors (Lipinski definition) is 0. The summed E-state index contributed by atoms with van der Waals surface area (Å²) in [6, 6.07) is 28.7. The molecule has 3 aromatic carbocycles. The highest BCUT2D eigenvalue weighted by Gasteiger charge is 2.29. The van der Waals surface area contributed by atoms with Crippen LogP contribution in [0.25, 0.3) is 0 Å². The fourth-order valence-electron chi connectivity index (χ4n) is 3.51. The van der Waals surface area contributed by atoms with E-state index in [0.717, 1.165) is 13.0 Å². The van der Waals surface area contributed by atoms with Crippen LogP contribution in [0.2, 0.25) is 0 Å². The van der Waals surface area contributed by atoms with Crippen molar-refractivity contribution in [3.63, 3.8) is 0 Å². The molecule has 3 aromatic rings. The van der Waals surface area contributed by atoms with Crippen molar-refractivity contribution in [3.8, 4) is 0 Å². The van der Waals surface area contributed by atoms with Crippen molar-refractivity contribution in [1.82, 2.24) is 0 Å². The molecule has 0 amide bonds. The molecule has 4 rings (SSSR count). The van der Waals surface area contributed by atoms with E-state index >= 15 is 0 Å². The lowest BCUT2D eigenvalue weighted by atomic mass is 9.88. The van der Waals surface area contributed by atoms with Crippen LogP contribution in [0.3, 0.4) is 0 Å². The zero-order chi connectivity index (χ0) is 15.6. The summed E-state index contributed by atoms with van der Waals surface area (Å²) in [7, 11) is 0. The topological polar surface area (TPSA) is 3.24 Å². The van der Waals surface area contributed by atoms with Gasteiger partial charge in [0.05, 0.1) is 11.7 Å². The summed E-state index contributed by atoms with van der Waals surface area (Å²) in [5, 5.41) is 0. The molecule has 0 aliphatic carbocycles. The molecular formula is C21H18IN. The van der Waals surface area contributed by atoms with E-state index < -0.39 is 0 Å². The van der Waals surface area contributed by atoms with Gasteiger partial charge in [-0.2, -0.15) is 0 Å². The predicted octanol–water partition coefficient (Wildman–Crippen LogP) is 5.44. The number of benzene rings is 3. The molecule has 1 aliphatic heterocycles. The van der Waals surface area contributed by atoms with Crippen molar-refractivity contribution in [2.45, 2.75) is 12.5 Å². The van der Waals surface area contributed by atoms with Crippen molar-refractivity contribution in [3.05, 3.63) is 99.1 Å². The van der Waals surface area contributed by atoms with E-state index in [9.17, 15) is 0 Å². The summed E-state index contributed by atoms with van der Waals surface area (Å²) >= 11 is 2.45. The molecule has 0 saturated carbocycles. The molecule has 114 valence electrons. The van der Waals surface area contributed by atoms with Crippen molar-refractivity contribution < 1.29 is 0 Å². The van der Waals surface area contributed by atoms with E-state index in [1.54, 1.807) is 0 Å². The molecule has 1 atom stereocenters. The highest BCUT2D eigenvalue weighted by molar-refractivity contribution is 14.1. The van der Waals surface area contributed by atoms with Gasteiger partial charge in [-0.05, 0) is 57.8 Å². The molecular weight excluding hydrogens is 393 g/mol. The molecule has 2 heteroatoms. The number of para-hydroxylation sites is 1. The minimum atomic E-state index is 0.289. The molecule has 1 nitrogen and oxygen atoms in total. The molecule has 1 heterocycles. The molecule has 1 unspecified atom stereocenters. The number of rotatable bonds is 2. The number of nitrogens with zero attached hydrogens (tertiary/aromatic N) is 1. The smallest absolute Gasteiger partial charge is 0.0799 e. The Morgan fingerprint density at radius 1 is 0.783 bits per heavy atom. The summed E-state index contributed by atoms with van der Waals surface area (Å²) in [4.78, 5) is 2.55. The fourth-order valence-corrected chi connectivity index (χ4v) is 4.20. The minimum Gasteiger partial charge on any atom is -0.359 e. The molecule has 0 fully saturated rings. The normalized spacial score (nSPS) is 16.9. The second kappa shape index (κ2) is 6.36. The number of hydrogen-bond acceptors (Lipinski definition) is 1. The van der Waals surface area contributed by atoms with E-state index in [0.29, 0.717) is 0 Å². The minimum absolute atomic E-state index is 0.289. The van der Waals surface area contributed by atoms with Crippen LogP contribution in [0.4, 0.5) is 5.69 Å². The van der Waals surface area contributed by atoms with Gasteiger partial charge in [-0.1, -0.05) is 66.7 Å². The van der Waals surface area contributed by atoms with Crippen molar-refractivity contribution in [2.24, 2.45) is 0 Å². The first-order valence-electron chi connectivity index (χ1n) is 7.98. The molecule has 0 spiro atoms. The van der Waals surface area contributed by atoms with Crippen molar-refractivity contribution in [2.75, 3.05) is 11.4 Å². The average Bonchev–Trinajstić information content (AvgIpc) is 2.62. The van der Waals surface area contributed by atoms with Gasteiger partial charge in [0, 0.05) is 10.1 Å². The van der Waals surface area contributed by atoms with Crippen LogP contribution in [0.1, 0.15) is 22.7 Å². The van der Waals surface area contributed by atoms with Crippen LogP contribution in [-0.2, 0) is 6.42 Å². The Bertz CT molecular complexity index is 813. The average molecular weight is 411 g/mol. The van der Waals surface area contributed by atoms with Crippen molar-refractivity contribution >= 4 is 28.3 Å². The zero-order valence-corrected chi connectivity index (χ0v) is 15.0. The Kier molecular flexibility index (Phi) is 4.08. The molecule has 23 heavy (non-hydrogen) atoms. The van der Waals surface area contributed by atoms with Gasteiger partial charge in [0.25, 0.3) is 0 Å². The number of anilines is 1. The van der Waals surface area contributed by atoms with Crippen LogP contribution in [0.15, 0.2) is 78.9 Å². The summed E-state index contributed by atoms with van der Waals surface area (Å²) in [5.41, 5.74) is 5.60. The molecule has 1 aliphatic rings. The maximum absolute atomic E-state index is 2.55. The zero-order valence-electron chi connectivity index (χ0n) is 12.8. The van der Waals surface area contributed by atoms with Gasteiger partial charge in [-0.15, -0.1) is 0 Å². The Morgan fingerprint density at radius 3 is 2.30 bits per heavy atom. The highest BCUT2D eigenvalue weighted by Crippen LogP contribution is 2.39. The van der Waals surface area contributed by atoms with Crippen LogP contribution in [0, 0.1) is 3.57 Å². The highest BCUT2D eigenvalue weighted by atomic mass is 127. The van der Waals surface area contributed by atoms with Crippen LogP contribution < -0.4 is 4.90 Å². The summed E-state index contributed by atoms with van der Waals surface area (Å²) in [5.74, 6) is 0. The molecule has 0 N–H and O–H groups in total. The largest absolute Gasteiger partial charge is 0.359 e. The number of halogens is 1. The van der Waals surface area contributed by atoms with Gasteiger partial charge in [-0.25, -0.2) is 0 Å². The Hall–Kier alpha value is -1.81. The number of fused-ring (bicyclic) bond motifs is 1. The lowest BCUT2D eigenvalue weighted by molar-refractivity contribution is 0.652. The molecule has 0 aromatic heterocycles. The van der Waals surface area contributed by atoms with Gasteiger partial charge in [0.1, 0.15) is 0 Å². The van der Waals surface area contributed by atoms with E-state index in [1.807, 2.05) is 0 Å². The van der Waals surface area contributed by atoms with E-state index in [-0.39, 0.29) is 6.04 Å². The summed E-state index contributed by atoms with van der Waals surface area (Å²) in [6.07, 6.45) is 1.10. The Balaban J connectivity index is 1.88. The second-order valence-electron chi connectivity index (χ2n) is 5.91. The lowest BCUT2D eigenvalue weighted by Crippen LogP contribution is -2.36. The second-order valence-corrected chi connectivity index (χ2v) is 7.07. The predicted molar refractivity (Wildman–Crippen MR) is 105 cm³/mol. The van der Waals surface area contributed by atoms with Gasteiger partial charge in [0.15, 0.2) is 0 Å². The quantitative estimate of drug-likeness (QED) is 0.508. The lowest BCUT2D eigenvalue weighted by Gasteiger charge is -2.40. The fraction of sp³-hybridized carbons (Fsp3) is 0.143. The monoisotopic (exact) mass is 411 g/mol. The Morgan fingerprint density at radius 2 is 1.48 bits per heavy atom. The van der Waals surface area contributed by atoms with Gasteiger partial charge in [0.2, 0.25) is 0 Å². The van der Waals surface area contributed by atoms with Crippen molar-refractivity contribution in [1.29, 1.82) is 0 Å². The standard InChI is InChI=1S/C21H18IN/c22-19-12-6-7-13-20(19)23-15-14-16-8-4-5-11-18(16)21(23)17-9-2-1-3-10-17/h1-13,21H,14-15H2. The van der Waals surface area contributed by atoms with Gasteiger partial charge < -0.3 is 4.90 Å². The first-order chi connectivity index (χ1) is 11.3. The van der Waals surface area contributed by atoms with E-state index in [1.165, 1.54) is 25.9 Å². The van der Waals surface area contributed by atoms with E-state index in [4.69, 9.17) is 0 Å². The molecule has 0 radical (unpaired) electrons. The van der Waals surface area contributed by atoms with Gasteiger partial charge in [-0.3, -0.25) is 0 Å². The first kappa shape index (κ1) is 14.8. The van der Waals surface area contributed by atoms with E-state index in [2.05, 4.69) is 106 Å². The summed E-state index contributed by atoms with van der Waals surface area (Å²) in [6.45, 7) is 1.05. The third kappa shape index (κ3) is 2.76. The third-order valence-corrected chi connectivity index (χ3v) is 5.47. The summed E-state index contributed by atoms with van der Waals surface area (Å²) < 4.78 is 1.31. The SMILES string of the molecule is Ic1ccccc1N1CCc2ccccc2C1c1ccccc1. The molecule has 0 saturated heterocycles. The first-order valence-corrected chi connectivity index (χ1v) is 9.06. The maximum atomic E-state index is 2.55. The van der Waals surface area contributed by atoms with Gasteiger partial charge >= 0.3 is 0 Å². The third-order valence-electron chi connectivity index (χ3n) is 4.56.